The summed E-state index contributed by atoms with van der Waals surface area (Å²) in [7, 11) is 0. The summed E-state index contributed by atoms with van der Waals surface area (Å²) in [6, 6.07) is 5.73. The summed E-state index contributed by atoms with van der Waals surface area (Å²) in [5, 5.41) is 21.1. The largest absolute Gasteiger partial charge is 0.504 e. The van der Waals surface area contributed by atoms with Crippen LogP contribution in [0.1, 0.15) is 10.4 Å². The van der Waals surface area contributed by atoms with Gasteiger partial charge < -0.3 is 10.2 Å². The third-order valence-electron chi connectivity index (χ3n) is 2.05. The molecule has 0 saturated carbocycles. The van der Waals surface area contributed by atoms with Crippen molar-refractivity contribution in [3.63, 3.8) is 0 Å². The van der Waals surface area contributed by atoms with Gasteiger partial charge in [0.1, 0.15) is 0 Å². The number of phenolic OH excluding ortho intramolecular Hbond substituents is 2. The number of amides is 1. The third kappa shape index (κ3) is 2.31. The first kappa shape index (κ1) is 10.9. The van der Waals surface area contributed by atoms with Crippen molar-refractivity contribution < 1.29 is 15.0 Å². The number of aromatic hydroxyl groups is 2. The Kier molecular flexibility index (Phi) is 2.87. The van der Waals surface area contributed by atoms with E-state index in [-0.39, 0.29) is 17.3 Å². The van der Waals surface area contributed by atoms with Gasteiger partial charge in [-0.1, -0.05) is 6.07 Å². The summed E-state index contributed by atoms with van der Waals surface area (Å²) in [6.45, 7) is 0. The highest BCUT2D eigenvalue weighted by Gasteiger charge is 2.14. The highest BCUT2D eigenvalue weighted by molar-refractivity contribution is 6.05. The molecule has 0 unspecified atom stereocenters. The molecule has 3 N–H and O–H groups in total. The Hall–Kier alpha value is -2.63. The van der Waals surface area contributed by atoms with E-state index in [0.717, 1.165) is 0 Å². The van der Waals surface area contributed by atoms with Gasteiger partial charge in [-0.15, -0.1) is 0 Å². The molecule has 6 heteroatoms. The quantitative estimate of drug-likeness (QED) is 0.673. The Labute approximate surface area is 96.6 Å². The van der Waals surface area contributed by atoms with Gasteiger partial charge in [-0.25, -0.2) is 9.97 Å². The number of hydrogen-bond acceptors (Lipinski definition) is 5. The minimum absolute atomic E-state index is 0.0440. The normalized spacial score (nSPS) is 9.88. The molecule has 0 saturated heterocycles. The second-order valence-corrected chi connectivity index (χ2v) is 3.20. The van der Waals surface area contributed by atoms with Crippen LogP contribution in [0, 0.1) is 0 Å². The minimum atomic E-state index is -0.593. The Balaban J connectivity index is 2.24. The first-order valence-corrected chi connectivity index (χ1v) is 4.78. The predicted molar refractivity (Wildman–Crippen MR) is 59.8 cm³/mol. The van der Waals surface area contributed by atoms with E-state index in [2.05, 4.69) is 15.3 Å². The fourth-order valence-corrected chi connectivity index (χ4v) is 1.25. The van der Waals surface area contributed by atoms with Gasteiger partial charge in [0.25, 0.3) is 5.91 Å². The lowest BCUT2D eigenvalue weighted by atomic mass is 10.2. The average Bonchev–Trinajstić information content (AvgIpc) is 2.34. The second kappa shape index (κ2) is 4.48. The Bertz CT molecular complexity index is 543. The number of aromatic nitrogens is 2. The minimum Gasteiger partial charge on any atom is -0.504 e. The molecule has 17 heavy (non-hydrogen) atoms. The fourth-order valence-electron chi connectivity index (χ4n) is 1.25. The lowest BCUT2D eigenvalue weighted by Crippen LogP contribution is -2.14. The molecule has 2 rings (SSSR count). The molecule has 2 aromatic rings. The Morgan fingerprint density at radius 3 is 2.53 bits per heavy atom. The van der Waals surface area contributed by atoms with Gasteiger partial charge in [-0.2, -0.15) is 0 Å². The molecular formula is C11H9N3O3. The average molecular weight is 231 g/mol. The van der Waals surface area contributed by atoms with Gasteiger partial charge in [-0.05, 0) is 18.2 Å². The fraction of sp³-hybridized carbons (Fsp3) is 0. The molecule has 1 heterocycles. The molecule has 0 bridgehead atoms. The van der Waals surface area contributed by atoms with Crippen LogP contribution in [-0.2, 0) is 0 Å². The van der Waals surface area contributed by atoms with E-state index in [4.69, 9.17) is 0 Å². The summed E-state index contributed by atoms with van der Waals surface area (Å²) < 4.78 is 0. The number of benzene rings is 1. The first-order chi connectivity index (χ1) is 8.18. The standard InChI is InChI=1S/C11H9N3O3/c15-8-4-1-3-7(9(8)16)10(17)14-11-12-5-2-6-13-11/h1-6,15-16H,(H,12,13,14,17). The van der Waals surface area contributed by atoms with E-state index in [1.807, 2.05) is 0 Å². The number of hydrogen-bond donors (Lipinski definition) is 3. The molecule has 0 spiro atoms. The van der Waals surface area contributed by atoms with Crippen molar-refractivity contribution in [2.75, 3.05) is 5.32 Å². The van der Waals surface area contributed by atoms with Crippen molar-refractivity contribution in [1.29, 1.82) is 0 Å². The van der Waals surface area contributed by atoms with Gasteiger partial charge >= 0.3 is 0 Å². The van der Waals surface area contributed by atoms with Crippen LogP contribution in [0.15, 0.2) is 36.7 Å². The molecule has 0 fully saturated rings. The number of carbonyl (C=O) groups excluding carboxylic acids is 1. The molecule has 0 aliphatic carbocycles. The zero-order valence-electron chi connectivity index (χ0n) is 8.66. The first-order valence-electron chi connectivity index (χ1n) is 4.78. The molecule has 0 atom stereocenters. The van der Waals surface area contributed by atoms with Crippen LogP contribution in [-0.4, -0.2) is 26.1 Å². The number of carbonyl (C=O) groups is 1. The van der Waals surface area contributed by atoms with Crippen molar-refractivity contribution in [1.82, 2.24) is 9.97 Å². The van der Waals surface area contributed by atoms with Crippen LogP contribution in [0.2, 0.25) is 0 Å². The molecule has 1 aromatic heterocycles. The highest BCUT2D eigenvalue weighted by Crippen LogP contribution is 2.28. The van der Waals surface area contributed by atoms with E-state index >= 15 is 0 Å². The number of phenols is 2. The van der Waals surface area contributed by atoms with Crippen LogP contribution in [0.4, 0.5) is 5.95 Å². The molecule has 1 amide bonds. The smallest absolute Gasteiger partial charge is 0.261 e. The van der Waals surface area contributed by atoms with Gasteiger partial charge in [-0.3, -0.25) is 10.1 Å². The SMILES string of the molecule is O=C(Nc1ncccn1)c1cccc(O)c1O. The van der Waals surface area contributed by atoms with E-state index in [1.165, 1.54) is 30.6 Å². The van der Waals surface area contributed by atoms with E-state index in [0.29, 0.717) is 0 Å². The maximum atomic E-state index is 11.7. The number of rotatable bonds is 2. The monoisotopic (exact) mass is 231 g/mol. The zero-order valence-corrected chi connectivity index (χ0v) is 8.66. The maximum absolute atomic E-state index is 11.7. The third-order valence-corrected chi connectivity index (χ3v) is 2.05. The van der Waals surface area contributed by atoms with Gasteiger partial charge in [0, 0.05) is 12.4 Å². The summed E-state index contributed by atoms with van der Waals surface area (Å²) >= 11 is 0. The summed E-state index contributed by atoms with van der Waals surface area (Å²) in [6.07, 6.45) is 2.95. The Morgan fingerprint density at radius 1 is 1.12 bits per heavy atom. The van der Waals surface area contributed by atoms with Crippen molar-refractivity contribution in [3.05, 3.63) is 42.2 Å². The van der Waals surface area contributed by atoms with Crippen LogP contribution < -0.4 is 5.32 Å². The number of anilines is 1. The van der Waals surface area contributed by atoms with Crippen LogP contribution in [0.25, 0.3) is 0 Å². The lowest BCUT2D eigenvalue weighted by Gasteiger charge is -2.05. The maximum Gasteiger partial charge on any atom is 0.261 e. The molecular weight excluding hydrogens is 222 g/mol. The van der Waals surface area contributed by atoms with Crippen LogP contribution >= 0.6 is 0 Å². The number of nitrogens with one attached hydrogen (secondary N) is 1. The van der Waals surface area contributed by atoms with Crippen molar-refractivity contribution in [3.8, 4) is 11.5 Å². The van der Waals surface area contributed by atoms with Gasteiger partial charge in [0.15, 0.2) is 11.5 Å². The second-order valence-electron chi connectivity index (χ2n) is 3.20. The van der Waals surface area contributed by atoms with Crippen LogP contribution in [0.5, 0.6) is 11.5 Å². The highest BCUT2D eigenvalue weighted by atomic mass is 16.3. The van der Waals surface area contributed by atoms with Gasteiger partial charge in [0.05, 0.1) is 5.56 Å². The van der Waals surface area contributed by atoms with Crippen molar-refractivity contribution in [2.24, 2.45) is 0 Å². The van der Waals surface area contributed by atoms with Crippen molar-refractivity contribution in [2.45, 2.75) is 0 Å². The number of nitrogens with zero attached hydrogens (tertiary/aromatic N) is 2. The number of para-hydroxylation sites is 1. The molecule has 6 nitrogen and oxygen atoms in total. The lowest BCUT2D eigenvalue weighted by molar-refractivity contribution is 0.102. The topological polar surface area (TPSA) is 95.3 Å². The van der Waals surface area contributed by atoms with Crippen molar-refractivity contribution >= 4 is 11.9 Å². The summed E-state index contributed by atoms with van der Waals surface area (Å²) in [4.78, 5) is 19.3. The predicted octanol–water partition coefficient (Wildman–Crippen LogP) is 1.14. The molecule has 0 radical (unpaired) electrons. The molecule has 86 valence electrons. The van der Waals surface area contributed by atoms with E-state index < -0.39 is 11.7 Å². The summed E-state index contributed by atoms with van der Waals surface area (Å²) in [5.74, 6) is -1.29. The van der Waals surface area contributed by atoms with E-state index in [9.17, 15) is 15.0 Å². The Morgan fingerprint density at radius 2 is 1.82 bits per heavy atom. The molecule has 0 aliphatic heterocycles. The van der Waals surface area contributed by atoms with E-state index in [1.54, 1.807) is 6.07 Å². The molecule has 1 aromatic carbocycles. The zero-order chi connectivity index (χ0) is 12.3. The van der Waals surface area contributed by atoms with Gasteiger partial charge in [0.2, 0.25) is 5.95 Å². The summed E-state index contributed by atoms with van der Waals surface area (Å²) in [5.41, 5.74) is -0.0440. The van der Waals surface area contributed by atoms with Crippen LogP contribution in [0.3, 0.4) is 0 Å². The molecule has 0 aliphatic rings.